The summed E-state index contributed by atoms with van der Waals surface area (Å²) in [5.74, 6) is -0.385. The van der Waals surface area contributed by atoms with Gasteiger partial charge in [0.15, 0.2) is 0 Å². The number of hydrogen-bond acceptors (Lipinski definition) is 6. The second-order valence-electron chi connectivity index (χ2n) is 7.32. The Morgan fingerprint density at radius 3 is 2.55 bits per heavy atom. The molecule has 0 radical (unpaired) electrons. The molecule has 0 aliphatic rings. The van der Waals surface area contributed by atoms with Crippen molar-refractivity contribution in [3.63, 3.8) is 0 Å². The SMILES string of the molecule is CC(C)S(=O)(=O)c1ncc(CN(C)[C@H](C)c2ccon2)n1Cc1ccccc1F. The summed E-state index contributed by atoms with van der Waals surface area (Å²) in [6, 6.07) is 8.06. The van der Waals surface area contributed by atoms with Crippen LogP contribution in [0, 0.1) is 5.82 Å². The first-order chi connectivity index (χ1) is 13.7. The zero-order chi connectivity index (χ0) is 21.2. The molecule has 0 aliphatic heterocycles. The van der Waals surface area contributed by atoms with Crippen molar-refractivity contribution >= 4 is 9.84 Å². The number of halogens is 1. The average molecular weight is 421 g/mol. The average Bonchev–Trinajstić information content (AvgIpc) is 3.33. The van der Waals surface area contributed by atoms with Crippen LogP contribution >= 0.6 is 0 Å². The summed E-state index contributed by atoms with van der Waals surface area (Å²) in [4.78, 5) is 6.20. The fourth-order valence-electron chi connectivity index (χ4n) is 2.98. The Hall–Kier alpha value is -2.52. The van der Waals surface area contributed by atoms with Gasteiger partial charge in [0, 0.05) is 18.2 Å². The lowest BCUT2D eigenvalue weighted by Crippen LogP contribution is -2.25. The van der Waals surface area contributed by atoms with Gasteiger partial charge in [-0.1, -0.05) is 23.4 Å². The topological polar surface area (TPSA) is 81.2 Å². The van der Waals surface area contributed by atoms with Crippen molar-refractivity contribution < 1.29 is 17.3 Å². The van der Waals surface area contributed by atoms with E-state index in [2.05, 4.69) is 10.1 Å². The van der Waals surface area contributed by atoms with Gasteiger partial charge in [0.2, 0.25) is 15.0 Å². The molecule has 1 aromatic carbocycles. The van der Waals surface area contributed by atoms with E-state index < -0.39 is 15.1 Å². The zero-order valence-corrected chi connectivity index (χ0v) is 17.7. The molecule has 0 saturated carbocycles. The lowest BCUT2D eigenvalue weighted by Gasteiger charge is -2.23. The van der Waals surface area contributed by atoms with E-state index in [1.165, 1.54) is 12.3 Å². The molecule has 1 atom stereocenters. The first kappa shape index (κ1) is 21.2. The monoisotopic (exact) mass is 420 g/mol. The standard InChI is InChI=1S/C20H25FN4O3S/c1-14(2)29(26,27)20-22-11-17(13-24(4)15(3)19-9-10-28-23-19)25(20)12-16-7-5-6-8-18(16)21/h5-11,14-15H,12-13H2,1-4H3/t15-/m1/s1. The molecule has 0 spiro atoms. The van der Waals surface area contributed by atoms with Crippen LogP contribution in [0.25, 0.3) is 0 Å². The zero-order valence-electron chi connectivity index (χ0n) is 16.9. The fraction of sp³-hybridized carbons (Fsp3) is 0.400. The molecule has 0 saturated heterocycles. The van der Waals surface area contributed by atoms with Crippen LogP contribution in [0.4, 0.5) is 4.39 Å². The molecule has 29 heavy (non-hydrogen) atoms. The number of sulfone groups is 1. The number of imidazole rings is 1. The van der Waals surface area contributed by atoms with E-state index in [0.29, 0.717) is 17.8 Å². The highest BCUT2D eigenvalue weighted by atomic mass is 32.2. The van der Waals surface area contributed by atoms with E-state index in [0.717, 1.165) is 5.69 Å². The molecule has 9 heteroatoms. The molecule has 0 amide bonds. The predicted molar refractivity (Wildman–Crippen MR) is 106 cm³/mol. The van der Waals surface area contributed by atoms with Crippen LogP contribution in [0.5, 0.6) is 0 Å². The van der Waals surface area contributed by atoms with Crippen molar-refractivity contribution in [2.24, 2.45) is 0 Å². The molecule has 2 aromatic heterocycles. The molecular formula is C20H25FN4O3S. The molecule has 0 unspecified atom stereocenters. The van der Waals surface area contributed by atoms with E-state index in [9.17, 15) is 12.8 Å². The molecule has 0 N–H and O–H groups in total. The summed E-state index contributed by atoms with van der Waals surface area (Å²) in [5, 5.41) is 3.28. The Balaban J connectivity index is 1.98. The van der Waals surface area contributed by atoms with Crippen LogP contribution in [0.1, 0.15) is 43.8 Å². The second kappa shape index (κ2) is 8.46. The van der Waals surface area contributed by atoms with Gasteiger partial charge in [-0.05, 0) is 33.9 Å². The van der Waals surface area contributed by atoms with E-state index in [1.54, 1.807) is 48.9 Å². The summed E-state index contributed by atoms with van der Waals surface area (Å²) >= 11 is 0. The highest BCUT2D eigenvalue weighted by Gasteiger charge is 2.28. The van der Waals surface area contributed by atoms with Crippen molar-refractivity contribution in [1.29, 1.82) is 0 Å². The van der Waals surface area contributed by atoms with Gasteiger partial charge in [0.1, 0.15) is 17.8 Å². The largest absolute Gasteiger partial charge is 0.364 e. The maximum atomic E-state index is 14.3. The second-order valence-corrected chi connectivity index (χ2v) is 9.72. The van der Waals surface area contributed by atoms with Gasteiger partial charge < -0.3 is 9.09 Å². The van der Waals surface area contributed by atoms with Gasteiger partial charge in [-0.25, -0.2) is 17.8 Å². The van der Waals surface area contributed by atoms with Crippen molar-refractivity contribution in [2.45, 2.75) is 50.3 Å². The lowest BCUT2D eigenvalue weighted by molar-refractivity contribution is 0.234. The highest BCUT2D eigenvalue weighted by molar-refractivity contribution is 7.91. The van der Waals surface area contributed by atoms with E-state index in [-0.39, 0.29) is 23.6 Å². The molecule has 3 aromatic rings. The van der Waals surface area contributed by atoms with Crippen LogP contribution in [-0.2, 0) is 22.9 Å². The van der Waals surface area contributed by atoms with Crippen molar-refractivity contribution in [1.82, 2.24) is 19.6 Å². The van der Waals surface area contributed by atoms with Crippen molar-refractivity contribution in [3.8, 4) is 0 Å². The first-order valence-corrected chi connectivity index (χ1v) is 10.9. The van der Waals surface area contributed by atoms with Gasteiger partial charge in [0.25, 0.3) is 0 Å². The van der Waals surface area contributed by atoms with Gasteiger partial charge in [0.05, 0.1) is 29.7 Å². The van der Waals surface area contributed by atoms with Gasteiger partial charge in [-0.3, -0.25) is 4.90 Å². The number of aromatic nitrogens is 3. The molecule has 0 bridgehead atoms. The normalized spacial score (nSPS) is 13.3. The third-order valence-corrected chi connectivity index (χ3v) is 7.10. The Kier molecular flexibility index (Phi) is 6.18. The number of benzene rings is 1. The van der Waals surface area contributed by atoms with E-state index in [4.69, 9.17) is 4.52 Å². The van der Waals surface area contributed by atoms with Crippen LogP contribution in [0.2, 0.25) is 0 Å². The quantitative estimate of drug-likeness (QED) is 0.555. The van der Waals surface area contributed by atoms with E-state index >= 15 is 0 Å². The first-order valence-electron chi connectivity index (χ1n) is 9.34. The van der Waals surface area contributed by atoms with Gasteiger partial charge in [-0.15, -0.1) is 0 Å². The van der Waals surface area contributed by atoms with Crippen molar-refractivity contribution in [2.75, 3.05) is 7.05 Å². The smallest absolute Gasteiger partial charge is 0.228 e. The number of hydrogen-bond donors (Lipinski definition) is 0. The summed E-state index contributed by atoms with van der Waals surface area (Å²) in [6.07, 6.45) is 3.05. The predicted octanol–water partition coefficient (Wildman–Crippen LogP) is 3.43. The third-order valence-electron chi connectivity index (χ3n) is 5.02. The number of nitrogens with zero attached hydrogens (tertiary/aromatic N) is 4. The van der Waals surface area contributed by atoms with Crippen LogP contribution in [-0.4, -0.2) is 40.3 Å². The summed E-state index contributed by atoms with van der Waals surface area (Å²) < 4.78 is 46.4. The molecule has 2 heterocycles. The third kappa shape index (κ3) is 4.40. The summed E-state index contributed by atoms with van der Waals surface area (Å²) in [5.41, 5.74) is 1.84. The fourth-order valence-corrected chi connectivity index (χ4v) is 4.09. The minimum Gasteiger partial charge on any atom is -0.364 e. The van der Waals surface area contributed by atoms with Gasteiger partial charge >= 0.3 is 0 Å². The van der Waals surface area contributed by atoms with E-state index in [1.807, 2.05) is 18.9 Å². The molecule has 156 valence electrons. The van der Waals surface area contributed by atoms with Gasteiger partial charge in [-0.2, -0.15) is 0 Å². The minimum atomic E-state index is -3.64. The maximum absolute atomic E-state index is 14.3. The Morgan fingerprint density at radius 2 is 1.93 bits per heavy atom. The van der Waals surface area contributed by atoms with Crippen LogP contribution in [0.3, 0.4) is 0 Å². The Labute approximate surface area is 170 Å². The van der Waals surface area contributed by atoms with Crippen LogP contribution < -0.4 is 0 Å². The van der Waals surface area contributed by atoms with Crippen molar-refractivity contribution in [3.05, 3.63) is 65.6 Å². The molecule has 0 fully saturated rings. The maximum Gasteiger partial charge on any atom is 0.228 e. The molecule has 0 aliphatic carbocycles. The highest BCUT2D eigenvalue weighted by Crippen LogP contribution is 2.23. The molecular weight excluding hydrogens is 395 g/mol. The Morgan fingerprint density at radius 1 is 1.21 bits per heavy atom. The summed E-state index contributed by atoms with van der Waals surface area (Å²) in [7, 11) is -1.74. The minimum absolute atomic E-state index is 0.0479. The lowest BCUT2D eigenvalue weighted by atomic mass is 10.2. The molecule has 7 nitrogen and oxygen atoms in total. The number of rotatable bonds is 8. The summed E-state index contributed by atoms with van der Waals surface area (Å²) in [6.45, 7) is 5.67. The molecule has 3 rings (SSSR count). The van der Waals surface area contributed by atoms with Crippen LogP contribution in [0.15, 0.2) is 52.5 Å². The Bertz CT molecular complexity index is 1060.